The number of aromatic nitrogens is 2. The summed E-state index contributed by atoms with van der Waals surface area (Å²) in [5.74, 6) is 0.930. The lowest BCUT2D eigenvalue weighted by Gasteiger charge is -2.30. The van der Waals surface area contributed by atoms with Crippen molar-refractivity contribution in [2.75, 3.05) is 24.8 Å². The molecule has 0 unspecified atom stereocenters. The van der Waals surface area contributed by atoms with Gasteiger partial charge in [0.05, 0.1) is 6.61 Å². The summed E-state index contributed by atoms with van der Waals surface area (Å²) < 4.78 is 10.3. The monoisotopic (exact) mass is 479 g/mol. The van der Waals surface area contributed by atoms with Gasteiger partial charge in [-0.25, -0.2) is 10.2 Å². The molecule has 0 radical (unpaired) electrons. The Morgan fingerprint density at radius 1 is 1.16 bits per heavy atom. The first kappa shape index (κ1) is 26.3. The molecule has 1 heterocycles. The average Bonchev–Trinajstić information content (AvgIpc) is 3.25. The highest BCUT2D eigenvalue weighted by Gasteiger charge is 2.26. The number of rotatable bonds is 12. The lowest BCUT2D eigenvalue weighted by atomic mass is 9.76. The number of ether oxygens (including phenoxy) is 1. The highest BCUT2D eigenvalue weighted by atomic mass is 32.2. The van der Waals surface area contributed by atoms with Crippen LogP contribution in [0, 0.1) is 0 Å². The Bertz CT molecular complexity index is 883. The number of benzene rings is 1. The zero-order valence-electron chi connectivity index (χ0n) is 20.3. The second-order valence-electron chi connectivity index (χ2n) is 8.98. The summed E-state index contributed by atoms with van der Waals surface area (Å²) in [6.45, 7) is 14.6. The fraction of sp³-hybridized carbons (Fsp3) is 0.609. The van der Waals surface area contributed by atoms with Gasteiger partial charge in [0.2, 0.25) is 10.3 Å². The van der Waals surface area contributed by atoms with Crippen LogP contribution in [0.1, 0.15) is 71.9 Å². The van der Waals surface area contributed by atoms with Gasteiger partial charge >= 0.3 is 6.03 Å². The van der Waals surface area contributed by atoms with Gasteiger partial charge in [0.15, 0.2) is 0 Å². The van der Waals surface area contributed by atoms with E-state index in [2.05, 4.69) is 85.3 Å². The maximum Gasteiger partial charge on any atom is 0.333 e. The van der Waals surface area contributed by atoms with Gasteiger partial charge in [-0.15, -0.1) is 0 Å². The van der Waals surface area contributed by atoms with E-state index in [1.807, 2.05) is 6.26 Å². The number of amides is 2. The number of urea groups is 1. The summed E-state index contributed by atoms with van der Waals surface area (Å²) in [6.07, 6.45) is 4.72. The van der Waals surface area contributed by atoms with E-state index in [-0.39, 0.29) is 16.9 Å². The van der Waals surface area contributed by atoms with Crippen molar-refractivity contribution in [3.63, 3.8) is 0 Å². The van der Waals surface area contributed by atoms with Crippen molar-refractivity contribution in [2.45, 2.75) is 76.8 Å². The molecule has 0 fully saturated rings. The predicted octanol–water partition coefficient (Wildman–Crippen LogP) is 5.73. The molecule has 3 N–H and O–H groups in total. The van der Waals surface area contributed by atoms with Gasteiger partial charge in [-0.2, -0.15) is 9.36 Å². The molecule has 0 spiro atoms. The fourth-order valence-electron chi connectivity index (χ4n) is 2.95. The van der Waals surface area contributed by atoms with Crippen molar-refractivity contribution in [1.82, 2.24) is 20.1 Å². The number of nitrogens with one attached hydrogen (secondary N) is 3. The summed E-state index contributed by atoms with van der Waals surface area (Å²) >= 11 is 2.65. The molecule has 9 heteroatoms. The number of thioether (sulfide) groups is 1. The predicted molar refractivity (Wildman–Crippen MR) is 135 cm³/mol. The number of carbonyl (C=O) groups is 1. The zero-order valence-corrected chi connectivity index (χ0v) is 21.9. The van der Waals surface area contributed by atoms with E-state index in [1.54, 1.807) is 0 Å². The largest absolute Gasteiger partial charge is 0.493 e. The molecule has 2 rings (SSSR count). The highest BCUT2D eigenvalue weighted by molar-refractivity contribution is 7.98. The summed E-state index contributed by atoms with van der Waals surface area (Å²) in [6, 6.07) is 6.29. The molecule has 0 aliphatic rings. The fourth-order valence-corrected chi connectivity index (χ4v) is 4.03. The Morgan fingerprint density at radius 2 is 1.88 bits per heavy atom. The number of nitrogens with zero attached hydrogens (tertiary/aromatic N) is 2. The second-order valence-corrected chi connectivity index (χ2v) is 10.5. The Labute approximate surface area is 200 Å². The molecular weight excluding hydrogens is 442 g/mol. The minimum absolute atomic E-state index is 0.0276. The maximum absolute atomic E-state index is 11.9. The van der Waals surface area contributed by atoms with Crippen molar-refractivity contribution in [3.05, 3.63) is 29.3 Å². The van der Waals surface area contributed by atoms with E-state index >= 15 is 0 Å². The average molecular weight is 480 g/mol. The Morgan fingerprint density at radius 3 is 2.50 bits per heavy atom. The standard InChI is InChI=1S/C23H37N5O2S2/c1-8-22(3,4)16-11-12-18(17(15-16)23(5,6)9-2)30-14-10-13-24-19(29)26-27-20-25-21(31-7)28-32-20/h11-12,15H,8-10,13-14H2,1-7H3,(H2,24,26,29)(H,25,27,28). The van der Waals surface area contributed by atoms with Crippen LogP contribution in [0.15, 0.2) is 23.4 Å². The normalized spacial score (nSPS) is 11.8. The molecular formula is C23H37N5O2S2. The number of carbonyl (C=O) groups excluding carboxylic acids is 1. The topological polar surface area (TPSA) is 88.2 Å². The van der Waals surface area contributed by atoms with Crippen LogP contribution in [0.4, 0.5) is 9.93 Å². The van der Waals surface area contributed by atoms with Crippen LogP contribution in [-0.2, 0) is 10.8 Å². The third-order valence-corrected chi connectivity index (χ3v) is 7.29. The molecule has 0 aliphatic carbocycles. The van der Waals surface area contributed by atoms with Crippen molar-refractivity contribution in [3.8, 4) is 5.75 Å². The minimum Gasteiger partial charge on any atom is -0.493 e. The summed E-state index contributed by atoms with van der Waals surface area (Å²) in [4.78, 5) is 16.1. The van der Waals surface area contributed by atoms with Crippen LogP contribution < -0.4 is 20.9 Å². The molecule has 7 nitrogen and oxygen atoms in total. The van der Waals surface area contributed by atoms with Gasteiger partial charge < -0.3 is 10.1 Å². The van der Waals surface area contributed by atoms with Crippen molar-refractivity contribution in [2.24, 2.45) is 0 Å². The van der Waals surface area contributed by atoms with E-state index < -0.39 is 0 Å². The van der Waals surface area contributed by atoms with Gasteiger partial charge in [-0.05, 0) is 48.0 Å². The molecule has 0 aliphatic heterocycles. The highest BCUT2D eigenvalue weighted by Crippen LogP contribution is 2.38. The van der Waals surface area contributed by atoms with Crippen LogP contribution in [0.25, 0.3) is 0 Å². The Kier molecular flexibility index (Phi) is 9.64. The molecule has 0 saturated heterocycles. The SMILES string of the molecule is CCC(C)(C)c1ccc(OCCCNC(=O)NNc2nc(SC)ns2)c(C(C)(C)CC)c1. The van der Waals surface area contributed by atoms with Gasteiger partial charge in [0, 0.05) is 23.6 Å². The molecule has 2 amide bonds. The molecule has 32 heavy (non-hydrogen) atoms. The van der Waals surface area contributed by atoms with Gasteiger partial charge in [-0.1, -0.05) is 65.4 Å². The quantitative estimate of drug-likeness (QED) is 0.205. The zero-order chi connectivity index (χ0) is 23.8. The van der Waals surface area contributed by atoms with Crippen LogP contribution >= 0.6 is 23.3 Å². The first-order chi connectivity index (χ1) is 15.1. The van der Waals surface area contributed by atoms with E-state index in [9.17, 15) is 4.79 Å². The summed E-state index contributed by atoms with van der Waals surface area (Å²) in [5.41, 5.74) is 8.07. The number of hydrogen-bond acceptors (Lipinski definition) is 7. The third-order valence-electron chi connectivity index (χ3n) is 6.00. The molecule has 0 bridgehead atoms. The smallest absolute Gasteiger partial charge is 0.333 e. The van der Waals surface area contributed by atoms with Gasteiger partial charge in [0.1, 0.15) is 5.75 Å². The van der Waals surface area contributed by atoms with Crippen LogP contribution in [-0.4, -0.2) is 34.8 Å². The molecule has 2 aromatic rings. The van der Waals surface area contributed by atoms with E-state index in [0.29, 0.717) is 29.9 Å². The lowest BCUT2D eigenvalue weighted by molar-refractivity contribution is 0.240. The maximum atomic E-state index is 11.9. The van der Waals surface area contributed by atoms with Crippen LogP contribution in [0.3, 0.4) is 0 Å². The molecule has 178 valence electrons. The first-order valence-electron chi connectivity index (χ1n) is 11.1. The minimum atomic E-state index is -0.315. The summed E-state index contributed by atoms with van der Waals surface area (Å²) in [7, 11) is 0. The number of anilines is 1. The van der Waals surface area contributed by atoms with E-state index in [1.165, 1.54) is 34.4 Å². The first-order valence-corrected chi connectivity index (χ1v) is 13.1. The van der Waals surface area contributed by atoms with Crippen molar-refractivity contribution in [1.29, 1.82) is 0 Å². The van der Waals surface area contributed by atoms with E-state index in [4.69, 9.17) is 4.74 Å². The van der Waals surface area contributed by atoms with E-state index in [0.717, 1.165) is 18.6 Å². The molecule has 0 saturated carbocycles. The third kappa shape index (κ3) is 7.27. The molecule has 1 aromatic carbocycles. The number of hydrogen-bond donors (Lipinski definition) is 3. The van der Waals surface area contributed by atoms with Crippen LogP contribution in [0.5, 0.6) is 5.75 Å². The molecule has 0 atom stereocenters. The molecule has 1 aromatic heterocycles. The number of hydrazine groups is 1. The van der Waals surface area contributed by atoms with Gasteiger partial charge in [-0.3, -0.25) is 5.43 Å². The second kappa shape index (κ2) is 11.7. The van der Waals surface area contributed by atoms with Gasteiger partial charge in [0.25, 0.3) is 0 Å². The Hall–Kier alpha value is -2.00. The Balaban J connectivity index is 1.85. The lowest BCUT2D eigenvalue weighted by Crippen LogP contribution is -2.39. The van der Waals surface area contributed by atoms with Crippen molar-refractivity contribution < 1.29 is 9.53 Å². The van der Waals surface area contributed by atoms with Crippen molar-refractivity contribution >= 4 is 34.5 Å². The summed E-state index contributed by atoms with van der Waals surface area (Å²) in [5, 5.41) is 4.04. The van der Waals surface area contributed by atoms with Crippen LogP contribution in [0.2, 0.25) is 0 Å².